The van der Waals surface area contributed by atoms with E-state index in [-0.39, 0.29) is 18.3 Å². The Balaban J connectivity index is 1.85. The Morgan fingerprint density at radius 2 is 2.13 bits per heavy atom. The number of halogens is 1. The van der Waals surface area contributed by atoms with Crippen LogP contribution in [-0.4, -0.2) is 51.0 Å². The Morgan fingerprint density at radius 1 is 1.29 bits per heavy atom. The minimum atomic E-state index is -0.464. The van der Waals surface area contributed by atoms with Crippen LogP contribution in [0.4, 0.5) is 0 Å². The number of carbonyl (C=O) groups excluding carboxylic acids is 1. The zero-order valence-electron chi connectivity index (χ0n) is 16.7. The van der Waals surface area contributed by atoms with E-state index < -0.39 is 6.04 Å². The Hall–Kier alpha value is -3.29. The summed E-state index contributed by atoms with van der Waals surface area (Å²) in [7, 11) is 0. The van der Waals surface area contributed by atoms with Gasteiger partial charge in [0.2, 0.25) is 0 Å². The van der Waals surface area contributed by atoms with Crippen LogP contribution in [0.5, 0.6) is 11.5 Å². The van der Waals surface area contributed by atoms with E-state index in [1.54, 1.807) is 23.1 Å². The van der Waals surface area contributed by atoms with Crippen molar-refractivity contribution in [3.63, 3.8) is 0 Å². The van der Waals surface area contributed by atoms with Gasteiger partial charge in [-0.25, -0.2) is 0 Å². The molecule has 0 aliphatic carbocycles. The molecule has 1 aliphatic rings. The smallest absolute Gasteiger partial charge is 0.273 e. The lowest BCUT2D eigenvalue weighted by Gasteiger charge is -2.26. The van der Waals surface area contributed by atoms with E-state index in [1.165, 1.54) is 6.07 Å². The van der Waals surface area contributed by atoms with Crippen molar-refractivity contribution in [1.82, 2.24) is 15.1 Å². The summed E-state index contributed by atoms with van der Waals surface area (Å²) in [6.07, 6.45) is 2.10. The Morgan fingerprint density at radius 3 is 2.90 bits per heavy atom. The summed E-state index contributed by atoms with van der Waals surface area (Å²) >= 11 is 6.15. The molecule has 1 aliphatic heterocycles. The number of amides is 1. The van der Waals surface area contributed by atoms with E-state index in [1.807, 2.05) is 24.3 Å². The maximum Gasteiger partial charge on any atom is 0.273 e. The van der Waals surface area contributed by atoms with Gasteiger partial charge in [-0.1, -0.05) is 36.4 Å². The molecule has 3 N–H and O–H groups in total. The van der Waals surface area contributed by atoms with Crippen LogP contribution in [0, 0.1) is 0 Å². The summed E-state index contributed by atoms with van der Waals surface area (Å²) in [5.74, 6) is 0.448. The van der Waals surface area contributed by atoms with Gasteiger partial charge in [-0.2, -0.15) is 5.10 Å². The number of aromatic nitrogens is 2. The maximum atomic E-state index is 13.2. The van der Waals surface area contributed by atoms with Crippen LogP contribution < -0.4 is 4.74 Å². The molecule has 0 saturated carbocycles. The fourth-order valence-corrected chi connectivity index (χ4v) is 4.02. The van der Waals surface area contributed by atoms with Gasteiger partial charge < -0.3 is 19.8 Å². The third-order valence-electron chi connectivity index (χ3n) is 5.18. The number of hydrogen-bond donors (Lipinski definition) is 3. The Labute approximate surface area is 184 Å². The second kappa shape index (κ2) is 8.83. The number of ether oxygens (including phenoxy) is 1. The van der Waals surface area contributed by atoms with Gasteiger partial charge in [0, 0.05) is 29.3 Å². The zero-order chi connectivity index (χ0) is 22.0. The molecule has 7 nitrogen and oxygen atoms in total. The first kappa shape index (κ1) is 21.0. The summed E-state index contributed by atoms with van der Waals surface area (Å²) in [4.78, 5) is 14.9. The third-order valence-corrected chi connectivity index (χ3v) is 5.41. The minimum absolute atomic E-state index is 0.0155. The third kappa shape index (κ3) is 3.89. The number of hydrogen-bond acceptors (Lipinski definition) is 5. The number of rotatable bonds is 8. The molecule has 0 spiro atoms. The predicted octanol–water partition coefficient (Wildman–Crippen LogP) is 3.93. The monoisotopic (exact) mass is 439 g/mol. The molecule has 1 aromatic heterocycles. The van der Waals surface area contributed by atoms with Crippen LogP contribution in [-0.2, 0) is 0 Å². The van der Waals surface area contributed by atoms with Crippen molar-refractivity contribution in [2.45, 2.75) is 12.5 Å². The lowest BCUT2D eigenvalue weighted by Crippen LogP contribution is -2.31. The summed E-state index contributed by atoms with van der Waals surface area (Å²) in [6, 6.07) is 11.7. The predicted molar refractivity (Wildman–Crippen MR) is 117 cm³/mol. The van der Waals surface area contributed by atoms with Crippen LogP contribution in [0.2, 0.25) is 5.02 Å². The van der Waals surface area contributed by atoms with Crippen LogP contribution >= 0.6 is 11.6 Å². The van der Waals surface area contributed by atoms with Gasteiger partial charge in [-0.05, 0) is 42.3 Å². The second-order valence-corrected chi connectivity index (χ2v) is 7.61. The van der Waals surface area contributed by atoms with Gasteiger partial charge >= 0.3 is 0 Å². The molecule has 0 radical (unpaired) electrons. The lowest BCUT2D eigenvalue weighted by atomic mass is 9.95. The number of aromatic hydroxyl groups is 1. The number of aliphatic hydroxyl groups excluding tert-OH is 1. The first-order valence-corrected chi connectivity index (χ1v) is 10.3. The SMILES string of the molecule is C=CCOc1cccc(C2c3c(-c4cc(Cl)ccc4O)n[nH]c3C(=O)N2CCCO)c1. The quantitative estimate of drug-likeness (QED) is 0.462. The molecule has 4 rings (SSSR count). The van der Waals surface area contributed by atoms with Crippen molar-refractivity contribution in [1.29, 1.82) is 0 Å². The molecule has 0 saturated heterocycles. The number of aliphatic hydroxyl groups is 1. The summed E-state index contributed by atoms with van der Waals surface area (Å²) in [5.41, 5.74) is 2.73. The highest BCUT2D eigenvalue weighted by Crippen LogP contribution is 2.45. The van der Waals surface area contributed by atoms with Crippen LogP contribution in [0.25, 0.3) is 11.3 Å². The molecular formula is C23H22ClN3O4. The Bertz CT molecular complexity index is 1130. The largest absolute Gasteiger partial charge is 0.507 e. The van der Waals surface area contributed by atoms with E-state index in [0.717, 1.165) is 5.56 Å². The Kier molecular flexibility index (Phi) is 5.97. The average Bonchev–Trinajstić information content (AvgIpc) is 3.31. The highest BCUT2D eigenvalue weighted by atomic mass is 35.5. The maximum absolute atomic E-state index is 13.2. The number of fused-ring (bicyclic) bond motifs is 1. The van der Waals surface area contributed by atoms with Crippen molar-refractivity contribution in [3.05, 3.63) is 77.0 Å². The van der Waals surface area contributed by atoms with Gasteiger partial charge in [-0.15, -0.1) is 0 Å². The van der Waals surface area contributed by atoms with E-state index in [0.29, 0.717) is 52.9 Å². The molecule has 8 heteroatoms. The van der Waals surface area contributed by atoms with Crippen LogP contribution in [0.3, 0.4) is 0 Å². The fraction of sp³-hybridized carbons (Fsp3) is 0.217. The van der Waals surface area contributed by atoms with Crippen molar-refractivity contribution < 1.29 is 19.7 Å². The average molecular weight is 440 g/mol. The van der Waals surface area contributed by atoms with Gasteiger partial charge in [0.15, 0.2) is 0 Å². The lowest BCUT2D eigenvalue weighted by molar-refractivity contribution is 0.0732. The normalized spacial score (nSPS) is 15.2. The van der Waals surface area contributed by atoms with Crippen molar-refractivity contribution in [2.75, 3.05) is 19.8 Å². The fourth-order valence-electron chi connectivity index (χ4n) is 3.85. The minimum Gasteiger partial charge on any atom is -0.507 e. The number of H-pyrrole nitrogens is 1. The summed E-state index contributed by atoms with van der Waals surface area (Å²) < 4.78 is 5.68. The molecule has 0 fully saturated rings. The molecule has 1 amide bonds. The number of benzene rings is 2. The van der Waals surface area contributed by atoms with E-state index in [2.05, 4.69) is 16.8 Å². The van der Waals surface area contributed by atoms with E-state index in [9.17, 15) is 15.0 Å². The highest BCUT2D eigenvalue weighted by Gasteiger charge is 2.42. The number of nitrogens with one attached hydrogen (secondary N) is 1. The highest BCUT2D eigenvalue weighted by molar-refractivity contribution is 6.31. The molecule has 0 bridgehead atoms. The molecular weight excluding hydrogens is 418 g/mol. The number of nitrogens with zero attached hydrogens (tertiary/aromatic N) is 2. The summed E-state index contributed by atoms with van der Waals surface area (Å²) in [5, 5.41) is 27.4. The first-order valence-electron chi connectivity index (χ1n) is 9.87. The zero-order valence-corrected chi connectivity index (χ0v) is 17.5. The van der Waals surface area contributed by atoms with Gasteiger partial charge in [0.05, 0.1) is 6.04 Å². The van der Waals surface area contributed by atoms with Crippen molar-refractivity contribution in [2.24, 2.45) is 0 Å². The number of phenolic OH excluding ortho intramolecular Hbond substituents is 1. The van der Waals surface area contributed by atoms with Crippen molar-refractivity contribution in [3.8, 4) is 22.8 Å². The second-order valence-electron chi connectivity index (χ2n) is 7.17. The van der Waals surface area contributed by atoms with E-state index in [4.69, 9.17) is 16.3 Å². The standard InChI is InChI=1S/C23H22ClN3O4/c1-2-11-31-16-6-3-5-14(12-16)22-19-20(17-13-15(24)7-8-18(17)29)25-26-21(19)23(30)27(22)9-4-10-28/h2-3,5-8,12-13,22,28-29H,1,4,9-11H2,(H,25,26). The van der Waals surface area contributed by atoms with Crippen molar-refractivity contribution >= 4 is 17.5 Å². The van der Waals surface area contributed by atoms with Gasteiger partial charge in [0.25, 0.3) is 5.91 Å². The molecule has 1 atom stereocenters. The molecule has 1 unspecified atom stereocenters. The number of aromatic amines is 1. The molecule has 160 valence electrons. The number of carbonyl (C=O) groups is 1. The first-order chi connectivity index (χ1) is 15.0. The number of phenols is 1. The molecule has 2 heterocycles. The molecule has 2 aromatic carbocycles. The molecule has 3 aromatic rings. The van der Waals surface area contributed by atoms with E-state index >= 15 is 0 Å². The van der Waals surface area contributed by atoms with Crippen LogP contribution in [0.15, 0.2) is 55.1 Å². The van der Waals surface area contributed by atoms with Crippen LogP contribution in [0.1, 0.15) is 34.1 Å². The summed E-state index contributed by atoms with van der Waals surface area (Å²) in [6.45, 7) is 4.35. The topological polar surface area (TPSA) is 98.7 Å². The molecule has 31 heavy (non-hydrogen) atoms. The van der Waals surface area contributed by atoms with Gasteiger partial charge in [-0.3, -0.25) is 9.89 Å². The van der Waals surface area contributed by atoms with Gasteiger partial charge in [0.1, 0.15) is 29.5 Å².